The number of imidazole rings is 1. The van der Waals surface area contributed by atoms with Crippen LogP contribution in [0.25, 0.3) is 11.0 Å². The van der Waals surface area contributed by atoms with Gasteiger partial charge < -0.3 is 14.6 Å². The van der Waals surface area contributed by atoms with Crippen LogP contribution >= 0.6 is 0 Å². The highest BCUT2D eigenvalue weighted by Crippen LogP contribution is 2.17. The molecule has 0 atom stereocenters. The van der Waals surface area contributed by atoms with Crippen LogP contribution in [0.1, 0.15) is 27.3 Å². The number of carbonyl (C=O) groups excluding carboxylic acids is 1. The van der Waals surface area contributed by atoms with Crippen LogP contribution in [-0.2, 0) is 13.1 Å². The van der Waals surface area contributed by atoms with Gasteiger partial charge in [-0.15, -0.1) is 0 Å². The summed E-state index contributed by atoms with van der Waals surface area (Å²) in [5, 5.41) is 3.00. The number of rotatable bonds is 7. The number of nitrogens with one attached hydrogen (secondary N) is 1. The molecule has 0 aliphatic rings. The van der Waals surface area contributed by atoms with Crippen LogP contribution in [0.3, 0.4) is 0 Å². The third-order valence-corrected chi connectivity index (χ3v) is 4.99. The molecule has 0 saturated carbocycles. The number of aromatic nitrogens is 2. The van der Waals surface area contributed by atoms with Crippen LogP contribution < -0.4 is 10.1 Å². The Bertz CT molecular complexity index is 1180. The zero-order valence-corrected chi connectivity index (χ0v) is 17.3. The van der Waals surface area contributed by atoms with E-state index in [1.807, 2.05) is 86.6 Å². The van der Waals surface area contributed by atoms with Gasteiger partial charge in [0.25, 0.3) is 5.91 Å². The van der Waals surface area contributed by atoms with Crippen molar-refractivity contribution in [1.82, 2.24) is 14.9 Å². The second-order valence-corrected chi connectivity index (χ2v) is 7.39. The summed E-state index contributed by atoms with van der Waals surface area (Å²) < 4.78 is 8.05. The van der Waals surface area contributed by atoms with Gasteiger partial charge in [0.15, 0.2) is 0 Å². The van der Waals surface area contributed by atoms with Gasteiger partial charge in [-0.3, -0.25) is 4.79 Å². The van der Waals surface area contributed by atoms with E-state index in [-0.39, 0.29) is 5.91 Å². The van der Waals surface area contributed by atoms with E-state index in [1.54, 1.807) is 0 Å². The van der Waals surface area contributed by atoms with Crippen molar-refractivity contribution in [2.24, 2.45) is 0 Å². The minimum Gasteiger partial charge on any atom is -0.492 e. The minimum atomic E-state index is -0.103. The highest BCUT2D eigenvalue weighted by atomic mass is 16.5. The van der Waals surface area contributed by atoms with E-state index in [1.165, 1.54) is 5.56 Å². The van der Waals surface area contributed by atoms with Gasteiger partial charge in [-0.1, -0.05) is 42.0 Å². The number of nitrogens with zero attached hydrogens (tertiary/aromatic N) is 2. The van der Waals surface area contributed by atoms with E-state index in [0.717, 1.165) is 28.2 Å². The Balaban J connectivity index is 1.49. The molecule has 0 spiro atoms. The van der Waals surface area contributed by atoms with E-state index < -0.39 is 0 Å². The Kier molecular flexibility index (Phi) is 5.80. The molecule has 1 N–H and O–H groups in total. The monoisotopic (exact) mass is 399 g/mol. The topological polar surface area (TPSA) is 56.1 Å². The lowest BCUT2D eigenvalue weighted by Gasteiger charge is -2.12. The summed E-state index contributed by atoms with van der Waals surface area (Å²) in [7, 11) is 0. The molecule has 4 rings (SSSR count). The maximum absolute atomic E-state index is 12.6. The number of aryl methyl sites for hydroxylation is 2. The predicted molar refractivity (Wildman–Crippen MR) is 119 cm³/mol. The zero-order chi connectivity index (χ0) is 20.9. The molecule has 0 radical (unpaired) electrons. The first-order valence-corrected chi connectivity index (χ1v) is 10.1. The SMILES string of the molecule is Cc1cccc(OCCn2c(CNC(=O)c3cccc(C)c3)nc3ccccc32)c1. The third kappa shape index (κ3) is 4.51. The molecule has 0 unspecified atom stereocenters. The van der Waals surface area contributed by atoms with E-state index in [9.17, 15) is 4.79 Å². The van der Waals surface area contributed by atoms with Gasteiger partial charge in [-0.2, -0.15) is 0 Å². The fourth-order valence-electron chi connectivity index (χ4n) is 3.52. The van der Waals surface area contributed by atoms with Gasteiger partial charge in [-0.05, 0) is 55.8 Å². The van der Waals surface area contributed by atoms with E-state index in [2.05, 4.69) is 9.88 Å². The maximum Gasteiger partial charge on any atom is 0.251 e. The summed E-state index contributed by atoms with van der Waals surface area (Å²) in [6, 6.07) is 23.6. The fourth-order valence-corrected chi connectivity index (χ4v) is 3.52. The van der Waals surface area contributed by atoms with Gasteiger partial charge in [0.2, 0.25) is 0 Å². The number of carbonyl (C=O) groups is 1. The predicted octanol–water partition coefficient (Wildman–Crippen LogP) is 4.66. The third-order valence-electron chi connectivity index (χ3n) is 4.99. The summed E-state index contributed by atoms with van der Waals surface area (Å²) in [6.45, 7) is 5.54. The Hall–Kier alpha value is -3.60. The first kappa shape index (κ1) is 19.7. The molecule has 4 aromatic rings. The summed E-state index contributed by atoms with van der Waals surface area (Å²) in [5.74, 6) is 1.56. The Labute approximate surface area is 176 Å². The fraction of sp³-hybridized carbons (Fsp3) is 0.200. The smallest absolute Gasteiger partial charge is 0.251 e. The number of hydrogen-bond donors (Lipinski definition) is 1. The van der Waals surface area contributed by atoms with Crippen molar-refractivity contribution in [2.45, 2.75) is 26.9 Å². The molecule has 30 heavy (non-hydrogen) atoms. The molecule has 1 heterocycles. The molecule has 5 nitrogen and oxygen atoms in total. The first-order valence-electron chi connectivity index (χ1n) is 10.1. The van der Waals surface area contributed by atoms with Crippen LogP contribution in [0.2, 0.25) is 0 Å². The van der Waals surface area contributed by atoms with Gasteiger partial charge in [0.1, 0.15) is 18.2 Å². The number of fused-ring (bicyclic) bond motifs is 1. The highest BCUT2D eigenvalue weighted by Gasteiger charge is 2.12. The molecule has 1 amide bonds. The largest absolute Gasteiger partial charge is 0.492 e. The van der Waals surface area contributed by atoms with Crippen molar-refractivity contribution in [3.8, 4) is 5.75 Å². The van der Waals surface area contributed by atoms with Crippen LogP contribution in [0.15, 0.2) is 72.8 Å². The molecule has 3 aromatic carbocycles. The minimum absolute atomic E-state index is 0.103. The average Bonchev–Trinajstić information content (AvgIpc) is 3.10. The molecule has 0 aliphatic heterocycles. The maximum atomic E-state index is 12.6. The first-order chi connectivity index (χ1) is 14.6. The quantitative estimate of drug-likeness (QED) is 0.492. The van der Waals surface area contributed by atoms with Crippen LogP contribution in [-0.4, -0.2) is 22.1 Å². The van der Waals surface area contributed by atoms with E-state index in [0.29, 0.717) is 25.3 Å². The molecule has 0 aliphatic carbocycles. The lowest BCUT2D eigenvalue weighted by Crippen LogP contribution is -2.25. The van der Waals surface area contributed by atoms with Crippen molar-refractivity contribution in [2.75, 3.05) is 6.61 Å². The number of ether oxygens (including phenoxy) is 1. The second-order valence-electron chi connectivity index (χ2n) is 7.39. The summed E-state index contributed by atoms with van der Waals surface area (Å²) in [6.07, 6.45) is 0. The number of hydrogen-bond acceptors (Lipinski definition) is 3. The van der Waals surface area contributed by atoms with Gasteiger partial charge in [0.05, 0.1) is 24.1 Å². The normalized spacial score (nSPS) is 10.9. The molecule has 0 fully saturated rings. The molecular formula is C25H25N3O2. The Morgan fingerprint density at radius 3 is 2.53 bits per heavy atom. The number of para-hydroxylation sites is 2. The number of amides is 1. The Morgan fingerprint density at radius 1 is 0.967 bits per heavy atom. The van der Waals surface area contributed by atoms with Crippen LogP contribution in [0, 0.1) is 13.8 Å². The van der Waals surface area contributed by atoms with Gasteiger partial charge in [0, 0.05) is 5.56 Å². The van der Waals surface area contributed by atoms with Gasteiger partial charge >= 0.3 is 0 Å². The van der Waals surface area contributed by atoms with Crippen molar-refractivity contribution < 1.29 is 9.53 Å². The average molecular weight is 399 g/mol. The molecular weight excluding hydrogens is 374 g/mol. The van der Waals surface area contributed by atoms with E-state index >= 15 is 0 Å². The molecule has 5 heteroatoms. The van der Waals surface area contributed by atoms with Crippen molar-refractivity contribution in [1.29, 1.82) is 0 Å². The lowest BCUT2D eigenvalue weighted by molar-refractivity contribution is 0.0949. The highest BCUT2D eigenvalue weighted by molar-refractivity contribution is 5.94. The lowest BCUT2D eigenvalue weighted by atomic mass is 10.1. The summed E-state index contributed by atoms with van der Waals surface area (Å²) >= 11 is 0. The molecule has 0 saturated heterocycles. The van der Waals surface area contributed by atoms with Crippen LogP contribution in [0.5, 0.6) is 5.75 Å². The molecule has 1 aromatic heterocycles. The van der Waals surface area contributed by atoms with Crippen LogP contribution in [0.4, 0.5) is 0 Å². The van der Waals surface area contributed by atoms with Gasteiger partial charge in [-0.25, -0.2) is 4.98 Å². The summed E-state index contributed by atoms with van der Waals surface area (Å²) in [4.78, 5) is 17.3. The zero-order valence-electron chi connectivity index (χ0n) is 17.3. The number of benzene rings is 3. The molecule has 152 valence electrons. The standard InChI is InChI=1S/C25H25N3O2/c1-18-7-5-9-20(15-18)25(29)26-17-24-27-22-11-3-4-12-23(22)28(24)13-14-30-21-10-6-8-19(2)16-21/h3-12,15-16H,13-14,17H2,1-2H3,(H,26,29). The van der Waals surface area contributed by atoms with E-state index in [4.69, 9.17) is 9.72 Å². The summed E-state index contributed by atoms with van der Waals surface area (Å²) in [5.41, 5.74) is 4.82. The molecule has 0 bridgehead atoms. The Morgan fingerprint density at radius 2 is 1.73 bits per heavy atom. The van der Waals surface area contributed by atoms with Crippen molar-refractivity contribution in [3.05, 3.63) is 95.3 Å². The second kappa shape index (κ2) is 8.82. The van der Waals surface area contributed by atoms with Crippen molar-refractivity contribution in [3.63, 3.8) is 0 Å². The van der Waals surface area contributed by atoms with Crippen molar-refractivity contribution >= 4 is 16.9 Å².